The summed E-state index contributed by atoms with van der Waals surface area (Å²) >= 11 is 3.49. The Morgan fingerprint density at radius 2 is 1.95 bits per heavy atom. The van der Waals surface area contributed by atoms with E-state index < -0.39 is 0 Å². The molecule has 1 unspecified atom stereocenters. The molecule has 0 spiro atoms. The summed E-state index contributed by atoms with van der Waals surface area (Å²) in [6.45, 7) is 5.04. The number of aromatic nitrogens is 1. The Balaban J connectivity index is 1.78. The van der Waals surface area contributed by atoms with E-state index >= 15 is 0 Å². The van der Waals surface area contributed by atoms with Crippen molar-refractivity contribution >= 4 is 35.3 Å². The van der Waals surface area contributed by atoms with Crippen LogP contribution in [0.5, 0.6) is 0 Å². The van der Waals surface area contributed by atoms with E-state index in [1.807, 2.05) is 16.7 Å². The summed E-state index contributed by atoms with van der Waals surface area (Å²) in [6, 6.07) is -0.366. The monoisotopic (exact) mass is 341 g/mol. The average Bonchev–Trinajstić information content (AvgIpc) is 3.14. The van der Waals surface area contributed by atoms with Crippen LogP contribution in [0, 0.1) is 13.8 Å². The Kier molecular flexibility index (Phi) is 4.67. The molecule has 2 saturated heterocycles. The minimum absolute atomic E-state index is 0.0745. The minimum atomic E-state index is -0.366. The Morgan fingerprint density at radius 1 is 1.23 bits per heavy atom. The van der Waals surface area contributed by atoms with Crippen LogP contribution in [0.15, 0.2) is 4.52 Å². The van der Waals surface area contributed by atoms with Gasteiger partial charge in [0.1, 0.15) is 17.4 Å². The first-order chi connectivity index (χ1) is 10.6. The van der Waals surface area contributed by atoms with E-state index in [4.69, 9.17) is 4.52 Å². The van der Waals surface area contributed by atoms with Gasteiger partial charge in [0.15, 0.2) is 0 Å². The molecule has 0 bridgehead atoms. The Labute approximate surface area is 137 Å². The predicted octanol–water partition coefficient (Wildman–Crippen LogP) is 1.38. The average molecular weight is 341 g/mol. The largest absolute Gasteiger partial charge is 0.361 e. The van der Waals surface area contributed by atoms with E-state index in [-0.39, 0.29) is 17.9 Å². The number of carbonyl (C=O) groups excluding carboxylic acids is 2. The van der Waals surface area contributed by atoms with Crippen LogP contribution in [-0.2, 0) is 4.79 Å². The van der Waals surface area contributed by atoms with Crippen molar-refractivity contribution in [3.63, 3.8) is 0 Å². The molecule has 1 atom stereocenters. The Morgan fingerprint density at radius 3 is 2.59 bits per heavy atom. The van der Waals surface area contributed by atoms with Gasteiger partial charge in [-0.2, -0.15) is 11.8 Å². The third-order valence-electron chi connectivity index (χ3n) is 4.00. The smallest absolute Gasteiger partial charge is 0.260 e. The molecule has 2 aliphatic rings. The number of amides is 2. The first-order valence-corrected chi connectivity index (χ1v) is 9.58. The lowest BCUT2D eigenvalue weighted by molar-refractivity contribution is -0.134. The molecule has 120 valence electrons. The van der Waals surface area contributed by atoms with Gasteiger partial charge in [0, 0.05) is 30.3 Å². The standard InChI is InChI=1S/C14H19N3O3S2/c1-9-12(10(2)20-15-9)14(19)17-8-22-7-11(17)13(18)16-3-5-21-6-4-16/h11H,3-8H2,1-2H3. The molecular weight excluding hydrogens is 322 g/mol. The van der Waals surface area contributed by atoms with Gasteiger partial charge in [-0.3, -0.25) is 9.59 Å². The zero-order valence-corrected chi connectivity index (χ0v) is 14.3. The summed E-state index contributed by atoms with van der Waals surface area (Å²) in [6.07, 6.45) is 0. The third-order valence-corrected chi connectivity index (χ3v) is 5.95. The number of rotatable bonds is 2. The van der Waals surface area contributed by atoms with Crippen LogP contribution in [0.25, 0.3) is 0 Å². The van der Waals surface area contributed by atoms with Crippen LogP contribution >= 0.6 is 23.5 Å². The van der Waals surface area contributed by atoms with E-state index in [1.54, 1.807) is 30.5 Å². The van der Waals surface area contributed by atoms with Crippen LogP contribution in [0.4, 0.5) is 0 Å². The maximum atomic E-state index is 12.8. The van der Waals surface area contributed by atoms with Crippen molar-refractivity contribution in [2.24, 2.45) is 0 Å². The first-order valence-electron chi connectivity index (χ1n) is 7.27. The van der Waals surface area contributed by atoms with Crippen LogP contribution < -0.4 is 0 Å². The molecule has 3 rings (SSSR count). The summed E-state index contributed by atoms with van der Waals surface area (Å²) < 4.78 is 5.09. The van der Waals surface area contributed by atoms with Gasteiger partial charge >= 0.3 is 0 Å². The lowest BCUT2D eigenvalue weighted by Gasteiger charge is -2.31. The van der Waals surface area contributed by atoms with E-state index in [0.29, 0.717) is 28.6 Å². The predicted molar refractivity (Wildman–Crippen MR) is 87.2 cm³/mol. The van der Waals surface area contributed by atoms with Gasteiger partial charge in [-0.25, -0.2) is 0 Å². The zero-order chi connectivity index (χ0) is 15.7. The van der Waals surface area contributed by atoms with Crippen LogP contribution in [0.2, 0.25) is 0 Å². The van der Waals surface area contributed by atoms with Gasteiger partial charge in [-0.05, 0) is 13.8 Å². The normalized spacial score (nSPS) is 22.2. The molecule has 2 aliphatic heterocycles. The van der Waals surface area contributed by atoms with Crippen molar-refractivity contribution in [3.05, 3.63) is 17.0 Å². The molecule has 6 nitrogen and oxygen atoms in total. The fourth-order valence-electron chi connectivity index (χ4n) is 2.77. The SMILES string of the molecule is Cc1noc(C)c1C(=O)N1CSCC1C(=O)N1CCSCC1. The number of nitrogens with zero attached hydrogens (tertiary/aromatic N) is 3. The molecule has 1 aromatic heterocycles. The fraction of sp³-hybridized carbons (Fsp3) is 0.643. The van der Waals surface area contributed by atoms with Crippen molar-refractivity contribution in [1.29, 1.82) is 0 Å². The molecule has 0 aliphatic carbocycles. The molecule has 8 heteroatoms. The molecule has 2 amide bonds. The fourth-order valence-corrected chi connectivity index (χ4v) is 4.82. The van der Waals surface area contributed by atoms with Crippen LogP contribution in [0.1, 0.15) is 21.8 Å². The van der Waals surface area contributed by atoms with Gasteiger partial charge in [0.2, 0.25) is 5.91 Å². The maximum Gasteiger partial charge on any atom is 0.260 e. The molecule has 0 saturated carbocycles. The lowest BCUT2D eigenvalue weighted by Crippen LogP contribution is -2.51. The molecule has 0 radical (unpaired) electrons. The van der Waals surface area contributed by atoms with Crippen molar-refractivity contribution in [1.82, 2.24) is 15.0 Å². The van der Waals surface area contributed by atoms with E-state index in [2.05, 4.69) is 5.16 Å². The van der Waals surface area contributed by atoms with Crippen molar-refractivity contribution in [3.8, 4) is 0 Å². The number of thioether (sulfide) groups is 2. The van der Waals surface area contributed by atoms with Gasteiger partial charge in [0.25, 0.3) is 5.91 Å². The second-order valence-corrected chi connectivity index (χ2v) is 7.65. The molecule has 3 heterocycles. The first kappa shape index (κ1) is 15.7. The van der Waals surface area contributed by atoms with E-state index in [9.17, 15) is 9.59 Å². The number of hydrogen-bond donors (Lipinski definition) is 0. The van der Waals surface area contributed by atoms with Crippen molar-refractivity contribution < 1.29 is 14.1 Å². The summed E-state index contributed by atoms with van der Waals surface area (Å²) in [5.74, 6) is 3.60. The van der Waals surface area contributed by atoms with Crippen LogP contribution in [-0.4, -0.2) is 69.0 Å². The highest BCUT2D eigenvalue weighted by Gasteiger charge is 2.39. The quantitative estimate of drug-likeness (QED) is 0.810. The highest BCUT2D eigenvalue weighted by molar-refractivity contribution is 7.99. The van der Waals surface area contributed by atoms with Gasteiger partial charge in [-0.15, -0.1) is 11.8 Å². The van der Waals surface area contributed by atoms with Gasteiger partial charge in [-0.1, -0.05) is 5.16 Å². The van der Waals surface area contributed by atoms with Gasteiger partial charge < -0.3 is 14.3 Å². The van der Waals surface area contributed by atoms with Crippen molar-refractivity contribution in [2.45, 2.75) is 19.9 Å². The molecular formula is C14H19N3O3S2. The zero-order valence-electron chi connectivity index (χ0n) is 12.7. The summed E-state index contributed by atoms with van der Waals surface area (Å²) in [5.41, 5.74) is 1.08. The highest BCUT2D eigenvalue weighted by atomic mass is 32.2. The van der Waals surface area contributed by atoms with Gasteiger partial charge in [0.05, 0.1) is 11.6 Å². The number of carbonyl (C=O) groups is 2. The molecule has 22 heavy (non-hydrogen) atoms. The minimum Gasteiger partial charge on any atom is -0.361 e. The molecule has 1 aromatic rings. The topological polar surface area (TPSA) is 66.7 Å². The molecule has 0 aromatic carbocycles. The van der Waals surface area contributed by atoms with E-state index in [1.165, 1.54) is 0 Å². The second-order valence-electron chi connectivity index (χ2n) is 5.43. The van der Waals surface area contributed by atoms with Crippen LogP contribution in [0.3, 0.4) is 0 Å². The summed E-state index contributed by atoms with van der Waals surface area (Å²) in [4.78, 5) is 29.1. The Bertz CT molecular complexity index is 564. The lowest BCUT2D eigenvalue weighted by atomic mass is 10.1. The van der Waals surface area contributed by atoms with Crippen molar-refractivity contribution in [2.75, 3.05) is 36.2 Å². The number of hydrogen-bond acceptors (Lipinski definition) is 6. The van der Waals surface area contributed by atoms with E-state index in [0.717, 1.165) is 24.6 Å². The molecule has 2 fully saturated rings. The number of aryl methyl sites for hydroxylation is 2. The molecule has 0 N–H and O–H groups in total. The summed E-state index contributed by atoms with van der Waals surface area (Å²) in [5, 5.41) is 3.84. The highest BCUT2D eigenvalue weighted by Crippen LogP contribution is 2.27. The third kappa shape index (κ3) is 2.86. The maximum absolute atomic E-state index is 12.8. The summed E-state index contributed by atoms with van der Waals surface area (Å²) in [7, 11) is 0. The Hall–Kier alpha value is -1.15. The second kappa shape index (κ2) is 6.54.